The molecule has 4 heteroatoms. The second-order valence-corrected chi connectivity index (χ2v) is 17.4. The highest BCUT2D eigenvalue weighted by atomic mass is 31.2. The van der Waals surface area contributed by atoms with Gasteiger partial charge in [-0.1, -0.05) is 195 Å². The molecule has 0 heterocycles. The zero-order chi connectivity index (χ0) is 33.7. The van der Waals surface area contributed by atoms with Crippen molar-refractivity contribution in [2.75, 3.05) is 0 Å². The van der Waals surface area contributed by atoms with E-state index in [1.807, 2.05) is 158 Å². The molecule has 0 saturated heterocycles. The molecule has 238 valence electrons. The maximum atomic E-state index is 16.3. The molecule has 1 aliphatic carbocycles. The fourth-order valence-corrected chi connectivity index (χ4v) is 12.6. The first-order valence-corrected chi connectivity index (χ1v) is 19.8. The lowest BCUT2D eigenvalue weighted by molar-refractivity contribution is 0.590. The summed E-state index contributed by atoms with van der Waals surface area (Å²) in [6.07, 6.45) is 12.6. The number of rotatable bonds is 9. The standard InChI is InChI=1S/C45H36O2P2/c1-2-20-42(48(46,37-24-10-4-11-25-37)38-26-12-5-13-27-38)44(36-22-8-3-9-23-36)45-41-32-19-18-21-35(41)33-34-43(45)49(47,39-28-14-6-15-29-39)40-30-16-7-17-31-40/h2-22,24-34H,1,23H2/b42-20+,44-36+. The summed E-state index contributed by atoms with van der Waals surface area (Å²) in [6, 6.07) is 51.3. The normalized spacial score (nSPS) is 14.5. The van der Waals surface area contributed by atoms with Crippen molar-refractivity contribution in [1.82, 2.24) is 0 Å². The van der Waals surface area contributed by atoms with E-state index in [0.717, 1.165) is 48.7 Å². The Morgan fingerprint density at radius 3 is 1.59 bits per heavy atom. The van der Waals surface area contributed by atoms with Crippen LogP contribution >= 0.6 is 14.3 Å². The number of benzene rings is 6. The molecule has 7 rings (SSSR count). The number of fused-ring (bicyclic) bond motifs is 1. The van der Waals surface area contributed by atoms with Crippen LogP contribution < -0.4 is 26.5 Å². The lowest BCUT2D eigenvalue weighted by Crippen LogP contribution is -2.28. The Labute approximate surface area is 288 Å². The van der Waals surface area contributed by atoms with E-state index in [1.165, 1.54) is 0 Å². The Morgan fingerprint density at radius 2 is 1.08 bits per heavy atom. The minimum atomic E-state index is -3.55. The Hall–Kier alpha value is -5.26. The second-order valence-electron chi connectivity index (χ2n) is 11.9. The maximum Gasteiger partial charge on any atom is 0.171 e. The van der Waals surface area contributed by atoms with Crippen LogP contribution in [0, 0.1) is 0 Å². The molecule has 6 aromatic rings. The molecular formula is C45H36O2P2. The van der Waals surface area contributed by atoms with Crippen LogP contribution in [0.2, 0.25) is 0 Å². The highest BCUT2D eigenvalue weighted by Crippen LogP contribution is 2.59. The molecule has 0 amide bonds. The van der Waals surface area contributed by atoms with Crippen molar-refractivity contribution < 1.29 is 9.13 Å². The molecule has 0 aromatic heterocycles. The molecule has 0 bridgehead atoms. The van der Waals surface area contributed by atoms with Crippen LogP contribution in [-0.4, -0.2) is 0 Å². The Bertz CT molecular complexity index is 2260. The first-order valence-electron chi connectivity index (χ1n) is 16.4. The second kappa shape index (κ2) is 14.1. The van der Waals surface area contributed by atoms with Gasteiger partial charge >= 0.3 is 0 Å². The monoisotopic (exact) mass is 670 g/mol. The lowest BCUT2D eigenvalue weighted by Gasteiger charge is -2.30. The largest absolute Gasteiger partial charge is 0.309 e. The molecule has 0 atom stereocenters. The average Bonchev–Trinajstić information content (AvgIpc) is 3.19. The number of allylic oxidation sites excluding steroid dienone is 9. The molecule has 6 aromatic carbocycles. The van der Waals surface area contributed by atoms with E-state index in [2.05, 4.69) is 36.9 Å². The van der Waals surface area contributed by atoms with Crippen molar-refractivity contribution in [3.63, 3.8) is 0 Å². The molecular weight excluding hydrogens is 634 g/mol. The van der Waals surface area contributed by atoms with Crippen molar-refractivity contribution in [1.29, 1.82) is 0 Å². The van der Waals surface area contributed by atoms with Gasteiger partial charge in [0.15, 0.2) is 14.3 Å². The molecule has 0 fully saturated rings. The maximum absolute atomic E-state index is 16.3. The molecule has 0 saturated carbocycles. The minimum Gasteiger partial charge on any atom is -0.309 e. The SMILES string of the molecule is C=C/C=C(\C(=C1\C=CC=CC1)c1c(P(=O)(c2ccccc2)c2ccccc2)ccc2ccccc12)P(=O)(c1ccccc1)c1ccccc1. The number of hydrogen-bond donors (Lipinski definition) is 0. The van der Waals surface area contributed by atoms with Crippen molar-refractivity contribution in [2.45, 2.75) is 6.42 Å². The fourth-order valence-electron chi connectivity index (χ4n) is 6.80. The highest BCUT2D eigenvalue weighted by molar-refractivity contribution is 7.85. The predicted octanol–water partition coefficient (Wildman–Crippen LogP) is 9.83. The van der Waals surface area contributed by atoms with E-state index in [1.54, 1.807) is 6.08 Å². The molecule has 0 aliphatic heterocycles. The zero-order valence-electron chi connectivity index (χ0n) is 27.1. The van der Waals surface area contributed by atoms with Crippen LogP contribution in [0.5, 0.6) is 0 Å². The van der Waals surface area contributed by atoms with Gasteiger partial charge in [0.05, 0.1) is 0 Å². The van der Waals surface area contributed by atoms with Gasteiger partial charge < -0.3 is 9.13 Å². The molecule has 0 N–H and O–H groups in total. The Kier molecular flexibility index (Phi) is 9.28. The van der Waals surface area contributed by atoms with Crippen molar-refractivity contribution in [3.05, 3.63) is 217 Å². The van der Waals surface area contributed by atoms with Crippen LogP contribution in [0.1, 0.15) is 12.0 Å². The van der Waals surface area contributed by atoms with E-state index >= 15 is 9.13 Å². The summed E-state index contributed by atoms with van der Waals surface area (Å²) in [7, 11) is -7.05. The third-order valence-electron chi connectivity index (χ3n) is 9.05. The summed E-state index contributed by atoms with van der Waals surface area (Å²) in [5.41, 5.74) is 2.63. The molecule has 0 unspecified atom stereocenters. The summed E-state index contributed by atoms with van der Waals surface area (Å²) >= 11 is 0. The first-order chi connectivity index (χ1) is 24.1. The van der Waals surface area contributed by atoms with E-state index in [9.17, 15) is 0 Å². The smallest absolute Gasteiger partial charge is 0.171 e. The lowest BCUT2D eigenvalue weighted by atomic mass is 9.91. The van der Waals surface area contributed by atoms with Crippen molar-refractivity contribution >= 4 is 57.2 Å². The molecule has 0 radical (unpaired) electrons. The zero-order valence-corrected chi connectivity index (χ0v) is 28.9. The van der Waals surface area contributed by atoms with Gasteiger partial charge in [0.25, 0.3) is 0 Å². The van der Waals surface area contributed by atoms with Crippen LogP contribution in [0.4, 0.5) is 0 Å². The third kappa shape index (κ3) is 5.89. The van der Waals surface area contributed by atoms with Crippen molar-refractivity contribution in [2.24, 2.45) is 0 Å². The van der Waals surface area contributed by atoms with Crippen molar-refractivity contribution in [3.8, 4) is 0 Å². The average molecular weight is 671 g/mol. The van der Waals surface area contributed by atoms with Crippen LogP contribution in [0.3, 0.4) is 0 Å². The fraction of sp³-hybridized carbons (Fsp3) is 0.0222. The van der Waals surface area contributed by atoms with E-state index < -0.39 is 14.3 Å². The summed E-state index contributed by atoms with van der Waals surface area (Å²) in [6.45, 7) is 4.14. The third-order valence-corrected chi connectivity index (χ3v) is 15.3. The van der Waals surface area contributed by atoms with Gasteiger partial charge in [-0.05, 0) is 34.4 Å². The van der Waals surface area contributed by atoms with Crippen LogP contribution in [0.15, 0.2) is 212 Å². The first kappa shape index (κ1) is 32.3. The van der Waals surface area contributed by atoms with Gasteiger partial charge in [-0.3, -0.25) is 0 Å². The Morgan fingerprint density at radius 1 is 0.571 bits per heavy atom. The molecule has 2 nitrogen and oxygen atoms in total. The van der Waals surface area contributed by atoms with Gasteiger partial charge in [-0.25, -0.2) is 0 Å². The summed E-state index contributed by atoms with van der Waals surface area (Å²) in [5.74, 6) is 0. The topological polar surface area (TPSA) is 34.1 Å². The summed E-state index contributed by atoms with van der Waals surface area (Å²) in [5, 5.41) is 6.23. The van der Waals surface area contributed by atoms with E-state index in [-0.39, 0.29) is 0 Å². The quantitative estimate of drug-likeness (QED) is 0.113. The van der Waals surface area contributed by atoms with Gasteiger partial charge in [-0.2, -0.15) is 0 Å². The number of hydrogen-bond acceptors (Lipinski definition) is 2. The summed E-state index contributed by atoms with van der Waals surface area (Å²) < 4.78 is 32.6. The summed E-state index contributed by atoms with van der Waals surface area (Å²) in [4.78, 5) is 0. The molecule has 49 heavy (non-hydrogen) atoms. The van der Waals surface area contributed by atoms with E-state index in [4.69, 9.17) is 0 Å². The molecule has 1 aliphatic rings. The Balaban J connectivity index is 1.67. The van der Waals surface area contributed by atoms with Crippen LogP contribution in [-0.2, 0) is 9.13 Å². The molecule has 0 spiro atoms. The minimum absolute atomic E-state index is 0.619. The van der Waals surface area contributed by atoms with Gasteiger partial charge in [0, 0.05) is 37.4 Å². The van der Waals surface area contributed by atoms with E-state index in [0.29, 0.717) is 17.0 Å². The highest BCUT2D eigenvalue weighted by Gasteiger charge is 2.39. The van der Waals surface area contributed by atoms with Gasteiger partial charge in [-0.15, -0.1) is 0 Å². The van der Waals surface area contributed by atoms with Gasteiger partial charge in [0.2, 0.25) is 0 Å². The predicted molar refractivity (Wildman–Crippen MR) is 211 cm³/mol. The van der Waals surface area contributed by atoms with Gasteiger partial charge in [0.1, 0.15) is 0 Å². The van der Waals surface area contributed by atoms with Crippen LogP contribution in [0.25, 0.3) is 16.3 Å².